The summed E-state index contributed by atoms with van der Waals surface area (Å²) >= 11 is 3.31. The average molecular weight is 328 g/mol. The van der Waals surface area contributed by atoms with Gasteiger partial charge < -0.3 is 14.8 Å². The Labute approximate surface area is 119 Å². The molecule has 2 rings (SSSR count). The molecule has 102 valence electrons. The van der Waals surface area contributed by atoms with E-state index in [9.17, 15) is 9.59 Å². The van der Waals surface area contributed by atoms with Crippen molar-refractivity contribution in [3.8, 4) is 0 Å². The van der Waals surface area contributed by atoms with Crippen LogP contribution in [0.5, 0.6) is 0 Å². The van der Waals surface area contributed by atoms with Gasteiger partial charge in [-0.15, -0.1) is 0 Å². The highest BCUT2D eigenvalue weighted by atomic mass is 79.9. The molecule has 1 N–H and O–H groups in total. The van der Waals surface area contributed by atoms with Gasteiger partial charge in [-0.25, -0.2) is 4.79 Å². The van der Waals surface area contributed by atoms with Crippen molar-refractivity contribution in [1.29, 1.82) is 0 Å². The number of carbonyl (C=O) groups is 2. The first-order valence-corrected chi connectivity index (χ1v) is 6.78. The predicted molar refractivity (Wildman–Crippen MR) is 72.7 cm³/mol. The molecular formula is C13H14BrNO4. The molecule has 1 saturated heterocycles. The third kappa shape index (κ3) is 4.33. The first-order chi connectivity index (χ1) is 9.15. The lowest BCUT2D eigenvalue weighted by Crippen LogP contribution is -2.27. The van der Waals surface area contributed by atoms with Gasteiger partial charge in [0, 0.05) is 16.8 Å². The second-order valence-electron chi connectivity index (χ2n) is 4.17. The van der Waals surface area contributed by atoms with Gasteiger partial charge in [-0.1, -0.05) is 22.0 Å². The fourth-order valence-electron chi connectivity index (χ4n) is 1.76. The summed E-state index contributed by atoms with van der Waals surface area (Å²) < 4.78 is 10.9. The second kappa shape index (κ2) is 6.68. The lowest BCUT2D eigenvalue weighted by Gasteiger charge is -2.10. The normalized spacial score (nSPS) is 18.1. The number of halogens is 1. The van der Waals surface area contributed by atoms with E-state index in [1.54, 1.807) is 18.2 Å². The fraction of sp³-hybridized carbons (Fsp3) is 0.385. The minimum atomic E-state index is -0.515. The van der Waals surface area contributed by atoms with Gasteiger partial charge in [-0.05, 0) is 31.0 Å². The summed E-state index contributed by atoms with van der Waals surface area (Å²) in [5, 5.41) is 2.64. The molecule has 1 amide bonds. The molecule has 5 nitrogen and oxygen atoms in total. The molecule has 0 spiro atoms. The summed E-state index contributed by atoms with van der Waals surface area (Å²) in [6.45, 7) is 0.273. The van der Waals surface area contributed by atoms with Gasteiger partial charge in [0.25, 0.3) is 5.91 Å². The molecule has 1 aromatic carbocycles. The Bertz CT molecular complexity index is 471. The van der Waals surface area contributed by atoms with Gasteiger partial charge in [0.15, 0.2) is 12.7 Å². The Morgan fingerprint density at radius 3 is 3.00 bits per heavy atom. The van der Waals surface area contributed by atoms with E-state index in [0.29, 0.717) is 18.7 Å². The number of benzene rings is 1. The summed E-state index contributed by atoms with van der Waals surface area (Å²) in [5.74, 6) is -0.841. The number of esters is 1. The van der Waals surface area contributed by atoms with Crippen molar-refractivity contribution in [2.45, 2.75) is 18.9 Å². The number of hydrogen-bond donors (Lipinski definition) is 1. The zero-order valence-corrected chi connectivity index (χ0v) is 11.8. The van der Waals surface area contributed by atoms with Crippen LogP contribution in [0, 0.1) is 0 Å². The first kappa shape index (κ1) is 14.0. The number of anilines is 1. The molecule has 0 bridgehead atoms. The highest BCUT2D eigenvalue weighted by molar-refractivity contribution is 9.10. The van der Waals surface area contributed by atoms with E-state index >= 15 is 0 Å². The van der Waals surface area contributed by atoms with Gasteiger partial charge in [0.05, 0.1) is 0 Å². The molecule has 0 aliphatic carbocycles. The van der Waals surface area contributed by atoms with E-state index in [1.807, 2.05) is 6.07 Å². The molecule has 1 aliphatic rings. The summed E-state index contributed by atoms with van der Waals surface area (Å²) in [7, 11) is 0. The van der Waals surface area contributed by atoms with Crippen molar-refractivity contribution in [3.63, 3.8) is 0 Å². The molecule has 6 heteroatoms. The fourth-order valence-corrected chi connectivity index (χ4v) is 2.16. The zero-order valence-electron chi connectivity index (χ0n) is 10.2. The summed E-state index contributed by atoms with van der Waals surface area (Å²) in [4.78, 5) is 23.1. The van der Waals surface area contributed by atoms with Crippen LogP contribution < -0.4 is 5.32 Å². The van der Waals surface area contributed by atoms with E-state index in [-0.39, 0.29) is 12.5 Å². The molecule has 19 heavy (non-hydrogen) atoms. The van der Waals surface area contributed by atoms with Crippen molar-refractivity contribution in [2.75, 3.05) is 18.5 Å². The smallest absolute Gasteiger partial charge is 0.335 e. The summed E-state index contributed by atoms with van der Waals surface area (Å²) in [6, 6.07) is 7.18. The van der Waals surface area contributed by atoms with Crippen LogP contribution in [-0.2, 0) is 19.1 Å². The van der Waals surface area contributed by atoms with Gasteiger partial charge in [0.2, 0.25) is 0 Å². The third-order valence-electron chi connectivity index (χ3n) is 2.65. The van der Waals surface area contributed by atoms with Gasteiger partial charge in [-0.3, -0.25) is 4.79 Å². The number of rotatable bonds is 4. The number of nitrogens with one attached hydrogen (secondary N) is 1. The Morgan fingerprint density at radius 1 is 1.47 bits per heavy atom. The molecule has 1 heterocycles. The highest BCUT2D eigenvalue weighted by Crippen LogP contribution is 2.16. The van der Waals surface area contributed by atoms with E-state index < -0.39 is 12.1 Å². The van der Waals surface area contributed by atoms with Gasteiger partial charge in [-0.2, -0.15) is 0 Å². The van der Waals surface area contributed by atoms with E-state index in [2.05, 4.69) is 21.2 Å². The maximum absolute atomic E-state index is 11.6. The molecule has 0 radical (unpaired) electrons. The number of ether oxygens (including phenoxy) is 2. The lowest BCUT2D eigenvalue weighted by atomic mass is 10.2. The quantitative estimate of drug-likeness (QED) is 0.860. The van der Waals surface area contributed by atoms with Crippen molar-refractivity contribution in [1.82, 2.24) is 0 Å². The topological polar surface area (TPSA) is 64.6 Å². The second-order valence-corrected chi connectivity index (χ2v) is 5.08. The van der Waals surface area contributed by atoms with Crippen molar-refractivity contribution < 1.29 is 19.1 Å². The molecule has 1 fully saturated rings. The lowest BCUT2D eigenvalue weighted by molar-refractivity contribution is -0.156. The predicted octanol–water partition coefficient (Wildman–Crippen LogP) is 2.11. The molecule has 0 unspecified atom stereocenters. The average Bonchev–Trinajstić information content (AvgIpc) is 2.90. The number of hydrogen-bond acceptors (Lipinski definition) is 4. The van der Waals surface area contributed by atoms with Gasteiger partial charge in [0.1, 0.15) is 0 Å². The first-order valence-electron chi connectivity index (χ1n) is 5.99. The maximum atomic E-state index is 11.6. The van der Waals surface area contributed by atoms with Crippen LogP contribution in [-0.4, -0.2) is 31.2 Å². The Morgan fingerprint density at radius 2 is 2.32 bits per heavy atom. The van der Waals surface area contributed by atoms with Crippen molar-refractivity contribution >= 4 is 33.5 Å². The van der Waals surface area contributed by atoms with Crippen LogP contribution in [0.4, 0.5) is 5.69 Å². The van der Waals surface area contributed by atoms with Gasteiger partial charge >= 0.3 is 5.97 Å². The Kier molecular flexibility index (Phi) is 4.93. The van der Waals surface area contributed by atoms with Crippen LogP contribution >= 0.6 is 15.9 Å². The summed E-state index contributed by atoms with van der Waals surface area (Å²) in [6.07, 6.45) is 0.995. The van der Waals surface area contributed by atoms with Crippen LogP contribution in [0.25, 0.3) is 0 Å². The third-order valence-corrected chi connectivity index (χ3v) is 3.14. The van der Waals surface area contributed by atoms with Crippen molar-refractivity contribution in [2.24, 2.45) is 0 Å². The molecule has 1 aliphatic heterocycles. The monoisotopic (exact) mass is 327 g/mol. The molecule has 1 atom stereocenters. The molecule has 0 saturated carbocycles. The minimum absolute atomic E-state index is 0.300. The maximum Gasteiger partial charge on any atom is 0.335 e. The van der Waals surface area contributed by atoms with E-state index in [1.165, 1.54) is 0 Å². The SMILES string of the molecule is O=C(COC(=O)[C@@H]1CCCO1)Nc1cccc(Br)c1. The van der Waals surface area contributed by atoms with Crippen LogP contribution in [0.15, 0.2) is 28.7 Å². The molecule has 1 aromatic rings. The van der Waals surface area contributed by atoms with Crippen LogP contribution in [0.2, 0.25) is 0 Å². The highest BCUT2D eigenvalue weighted by Gasteiger charge is 2.25. The van der Waals surface area contributed by atoms with Crippen molar-refractivity contribution in [3.05, 3.63) is 28.7 Å². The summed E-state index contributed by atoms with van der Waals surface area (Å²) in [5.41, 5.74) is 0.646. The largest absolute Gasteiger partial charge is 0.454 e. The van der Waals surface area contributed by atoms with Crippen LogP contribution in [0.1, 0.15) is 12.8 Å². The molecule has 0 aromatic heterocycles. The van der Waals surface area contributed by atoms with E-state index in [0.717, 1.165) is 10.9 Å². The van der Waals surface area contributed by atoms with E-state index in [4.69, 9.17) is 9.47 Å². The van der Waals surface area contributed by atoms with Crippen LogP contribution in [0.3, 0.4) is 0 Å². The zero-order chi connectivity index (χ0) is 13.7. The minimum Gasteiger partial charge on any atom is -0.454 e. The Balaban J connectivity index is 1.76. The Hall–Kier alpha value is -1.40. The number of carbonyl (C=O) groups excluding carboxylic acids is 2. The molecular weight excluding hydrogens is 314 g/mol. The standard InChI is InChI=1S/C13H14BrNO4/c14-9-3-1-4-10(7-9)15-12(16)8-19-13(17)11-5-2-6-18-11/h1,3-4,7,11H,2,5-6,8H2,(H,15,16)/t11-/m0/s1. The number of amides is 1.